The van der Waals surface area contributed by atoms with E-state index in [2.05, 4.69) is 6.92 Å². The first-order chi connectivity index (χ1) is 5.65. The van der Waals surface area contributed by atoms with Crippen molar-refractivity contribution in [1.29, 1.82) is 0 Å². The first kappa shape index (κ1) is 10.2. The summed E-state index contributed by atoms with van der Waals surface area (Å²) < 4.78 is 13.4. The second kappa shape index (κ2) is 4.35. The van der Waals surface area contributed by atoms with Gasteiger partial charge in [0.25, 0.3) is 0 Å². The van der Waals surface area contributed by atoms with E-state index in [1.165, 1.54) is 0 Å². The summed E-state index contributed by atoms with van der Waals surface area (Å²) in [6.45, 7) is 5.84. The Labute approximate surface area is 76.9 Å². The number of nitrogens with zero attached hydrogens (tertiary/aromatic N) is 1. The van der Waals surface area contributed by atoms with Crippen LogP contribution in [-0.2, 0) is 11.0 Å². The average Bonchev–Trinajstić information content (AvgIpc) is 2.08. The average molecular weight is 190 g/mol. The Hall–Kier alpha value is 0.0700. The minimum absolute atomic E-state index is 0.203. The summed E-state index contributed by atoms with van der Waals surface area (Å²) in [6.07, 6.45) is 1.08. The topological polar surface area (TPSA) is 46.3 Å². The van der Waals surface area contributed by atoms with Crippen molar-refractivity contribution in [1.82, 2.24) is 4.31 Å². The first-order valence-electron chi connectivity index (χ1n) is 4.54. The Morgan fingerprint density at radius 2 is 2.33 bits per heavy atom. The molecule has 3 unspecified atom stereocenters. The van der Waals surface area contributed by atoms with Crippen LogP contribution >= 0.6 is 0 Å². The molecule has 3 nitrogen and oxygen atoms in total. The molecule has 0 spiro atoms. The zero-order valence-electron chi connectivity index (χ0n) is 7.82. The van der Waals surface area contributed by atoms with Crippen LogP contribution in [0.2, 0.25) is 0 Å². The number of nitrogens with two attached hydrogens (primary N) is 1. The van der Waals surface area contributed by atoms with Gasteiger partial charge in [-0.15, -0.1) is 0 Å². The third-order valence-electron chi connectivity index (χ3n) is 2.51. The van der Waals surface area contributed by atoms with Gasteiger partial charge in [-0.05, 0) is 12.3 Å². The summed E-state index contributed by atoms with van der Waals surface area (Å²) in [4.78, 5) is 0. The molecule has 12 heavy (non-hydrogen) atoms. The monoisotopic (exact) mass is 190 g/mol. The Morgan fingerprint density at radius 1 is 1.67 bits per heavy atom. The van der Waals surface area contributed by atoms with Crippen molar-refractivity contribution in [2.24, 2.45) is 11.7 Å². The molecule has 1 aliphatic heterocycles. The third kappa shape index (κ3) is 2.28. The van der Waals surface area contributed by atoms with Crippen molar-refractivity contribution in [3.63, 3.8) is 0 Å². The molecular weight excluding hydrogens is 172 g/mol. The van der Waals surface area contributed by atoms with Crippen LogP contribution in [0.4, 0.5) is 0 Å². The normalized spacial score (nSPS) is 34.9. The fraction of sp³-hybridized carbons (Fsp3) is 1.00. The minimum Gasteiger partial charge on any atom is -0.326 e. The van der Waals surface area contributed by atoms with E-state index in [0.717, 1.165) is 19.5 Å². The SMILES string of the molecule is CCS(=O)N1CCC(C)C(N)C1. The van der Waals surface area contributed by atoms with Gasteiger partial charge in [-0.3, -0.25) is 0 Å². The molecule has 1 saturated heterocycles. The fourth-order valence-electron chi connectivity index (χ4n) is 1.44. The molecule has 0 amide bonds. The van der Waals surface area contributed by atoms with E-state index in [-0.39, 0.29) is 6.04 Å². The Balaban J connectivity index is 2.45. The lowest BCUT2D eigenvalue weighted by Crippen LogP contribution is -2.48. The summed E-state index contributed by atoms with van der Waals surface area (Å²) >= 11 is 0. The maximum absolute atomic E-state index is 11.4. The van der Waals surface area contributed by atoms with Gasteiger partial charge in [-0.1, -0.05) is 13.8 Å². The molecule has 1 fully saturated rings. The van der Waals surface area contributed by atoms with Crippen LogP contribution in [0.1, 0.15) is 20.3 Å². The lowest BCUT2D eigenvalue weighted by atomic mass is 9.96. The van der Waals surface area contributed by atoms with E-state index in [9.17, 15) is 4.21 Å². The highest BCUT2D eigenvalue weighted by atomic mass is 32.2. The molecule has 0 aromatic heterocycles. The largest absolute Gasteiger partial charge is 0.326 e. The maximum atomic E-state index is 11.4. The number of piperidine rings is 1. The maximum Gasteiger partial charge on any atom is 0.0940 e. The molecule has 0 radical (unpaired) electrons. The molecule has 3 atom stereocenters. The third-order valence-corrected chi connectivity index (χ3v) is 3.92. The van der Waals surface area contributed by atoms with Gasteiger partial charge in [0.2, 0.25) is 0 Å². The molecule has 72 valence electrons. The summed E-state index contributed by atoms with van der Waals surface area (Å²) in [5.74, 6) is 1.29. The van der Waals surface area contributed by atoms with Gasteiger partial charge >= 0.3 is 0 Å². The Morgan fingerprint density at radius 3 is 2.83 bits per heavy atom. The predicted octanol–water partition coefficient (Wildman–Crippen LogP) is 0.339. The second-order valence-electron chi connectivity index (χ2n) is 3.43. The molecule has 4 heteroatoms. The first-order valence-corrected chi connectivity index (χ1v) is 5.81. The zero-order valence-corrected chi connectivity index (χ0v) is 8.64. The van der Waals surface area contributed by atoms with Gasteiger partial charge in [-0.25, -0.2) is 8.51 Å². The Bertz CT molecular complexity index is 174. The molecule has 0 aromatic rings. The zero-order chi connectivity index (χ0) is 9.14. The highest BCUT2D eigenvalue weighted by Crippen LogP contribution is 2.16. The van der Waals surface area contributed by atoms with E-state index in [1.54, 1.807) is 0 Å². The standard InChI is InChI=1S/C8H18N2OS/c1-3-12(11)10-5-4-7(2)8(9)6-10/h7-8H,3-6,9H2,1-2H3. The van der Waals surface area contributed by atoms with Gasteiger partial charge < -0.3 is 5.73 Å². The molecule has 0 aliphatic carbocycles. The van der Waals surface area contributed by atoms with Crippen molar-refractivity contribution < 1.29 is 4.21 Å². The van der Waals surface area contributed by atoms with E-state index >= 15 is 0 Å². The molecule has 2 N–H and O–H groups in total. The van der Waals surface area contributed by atoms with Crippen molar-refractivity contribution >= 4 is 11.0 Å². The van der Waals surface area contributed by atoms with Crippen molar-refractivity contribution in [2.75, 3.05) is 18.8 Å². The van der Waals surface area contributed by atoms with Crippen LogP contribution in [0, 0.1) is 5.92 Å². The predicted molar refractivity (Wildman–Crippen MR) is 52.0 cm³/mol. The van der Waals surface area contributed by atoms with Crippen LogP contribution < -0.4 is 5.73 Å². The summed E-state index contributed by atoms with van der Waals surface area (Å²) in [5, 5.41) is 0. The lowest BCUT2D eigenvalue weighted by Gasteiger charge is -2.33. The van der Waals surface area contributed by atoms with Gasteiger partial charge in [0.15, 0.2) is 0 Å². The van der Waals surface area contributed by atoms with E-state index in [0.29, 0.717) is 11.7 Å². The fourth-order valence-corrected chi connectivity index (χ4v) is 2.45. The van der Waals surface area contributed by atoms with Crippen LogP contribution in [0.5, 0.6) is 0 Å². The summed E-state index contributed by atoms with van der Waals surface area (Å²) in [6, 6.07) is 0.203. The molecular formula is C8H18N2OS. The number of hydrogen-bond acceptors (Lipinski definition) is 2. The van der Waals surface area contributed by atoms with Gasteiger partial charge in [0, 0.05) is 24.9 Å². The van der Waals surface area contributed by atoms with Crippen LogP contribution in [-0.4, -0.2) is 33.4 Å². The minimum atomic E-state index is -0.796. The van der Waals surface area contributed by atoms with Gasteiger partial charge in [-0.2, -0.15) is 0 Å². The molecule has 0 aromatic carbocycles. The van der Waals surface area contributed by atoms with Crippen molar-refractivity contribution in [3.05, 3.63) is 0 Å². The quantitative estimate of drug-likeness (QED) is 0.682. The highest BCUT2D eigenvalue weighted by Gasteiger charge is 2.25. The summed E-state index contributed by atoms with van der Waals surface area (Å²) in [7, 11) is -0.796. The van der Waals surface area contributed by atoms with Crippen molar-refractivity contribution in [3.8, 4) is 0 Å². The second-order valence-corrected chi connectivity index (χ2v) is 5.16. The van der Waals surface area contributed by atoms with Gasteiger partial charge in [0.05, 0.1) is 11.0 Å². The smallest absolute Gasteiger partial charge is 0.0940 e. The summed E-state index contributed by atoms with van der Waals surface area (Å²) in [5.41, 5.74) is 5.89. The van der Waals surface area contributed by atoms with Crippen molar-refractivity contribution in [2.45, 2.75) is 26.3 Å². The van der Waals surface area contributed by atoms with Crippen LogP contribution in [0.15, 0.2) is 0 Å². The highest BCUT2D eigenvalue weighted by molar-refractivity contribution is 7.82. The Kier molecular flexibility index (Phi) is 3.68. The lowest BCUT2D eigenvalue weighted by molar-refractivity contribution is 0.261. The van der Waals surface area contributed by atoms with E-state index in [4.69, 9.17) is 5.73 Å². The van der Waals surface area contributed by atoms with E-state index < -0.39 is 11.0 Å². The molecule has 1 heterocycles. The molecule has 1 rings (SSSR count). The van der Waals surface area contributed by atoms with Crippen LogP contribution in [0.3, 0.4) is 0 Å². The van der Waals surface area contributed by atoms with Gasteiger partial charge in [0.1, 0.15) is 0 Å². The van der Waals surface area contributed by atoms with Crippen LogP contribution in [0.25, 0.3) is 0 Å². The van der Waals surface area contributed by atoms with E-state index in [1.807, 2.05) is 11.2 Å². The molecule has 0 bridgehead atoms. The number of hydrogen-bond donors (Lipinski definition) is 1. The molecule has 1 aliphatic rings. The number of rotatable bonds is 2. The molecule has 0 saturated carbocycles.